The molecule has 2 rings (SSSR count). The van der Waals surface area contributed by atoms with Crippen molar-refractivity contribution in [2.75, 3.05) is 5.73 Å². The normalized spacial score (nSPS) is 11.2. The summed E-state index contributed by atoms with van der Waals surface area (Å²) in [7, 11) is 0. The molecule has 2 heterocycles. The van der Waals surface area contributed by atoms with Crippen LogP contribution >= 0.6 is 11.6 Å². The molecule has 0 fully saturated rings. The predicted molar refractivity (Wildman–Crippen MR) is 72.9 cm³/mol. The Labute approximate surface area is 112 Å². The van der Waals surface area contributed by atoms with Crippen molar-refractivity contribution in [3.63, 3.8) is 0 Å². The molecule has 0 saturated heterocycles. The number of hydrogen-bond donors (Lipinski definition) is 1. The Hall–Kier alpha value is -1.49. The van der Waals surface area contributed by atoms with Crippen molar-refractivity contribution in [3.8, 4) is 0 Å². The number of nitrogen functional groups attached to an aromatic ring is 1. The fourth-order valence-corrected chi connectivity index (χ4v) is 2.22. The summed E-state index contributed by atoms with van der Waals surface area (Å²) in [6.45, 7) is 9.20. The van der Waals surface area contributed by atoms with Gasteiger partial charge in [-0.25, -0.2) is 0 Å². The third kappa shape index (κ3) is 1.99. The van der Waals surface area contributed by atoms with E-state index in [1.807, 2.05) is 37.1 Å². The van der Waals surface area contributed by atoms with Crippen LogP contribution in [-0.4, -0.2) is 19.6 Å². The second kappa shape index (κ2) is 4.65. The minimum atomic E-state index is 0.595. The number of hydrogen-bond acceptors (Lipinski definition) is 3. The molecule has 98 valence electrons. The van der Waals surface area contributed by atoms with E-state index in [1.165, 1.54) is 0 Å². The Morgan fingerprint density at radius 2 is 1.72 bits per heavy atom. The molecule has 2 N–H and O–H groups in total. The molecule has 0 aliphatic heterocycles. The molecule has 0 unspecified atom stereocenters. The molecule has 2 aromatic heterocycles. The van der Waals surface area contributed by atoms with Gasteiger partial charge in [0.2, 0.25) is 0 Å². The zero-order chi connectivity index (χ0) is 13.4. The van der Waals surface area contributed by atoms with Crippen LogP contribution in [0.5, 0.6) is 0 Å². The van der Waals surface area contributed by atoms with E-state index in [0.29, 0.717) is 11.6 Å². The molecule has 5 nitrogen and oxygen atoms in total. The summed E-state index contributed by atoms with van der Waals surface area (Å²) < 4.78 is 3.78. The van der Waals surface area contributed by atoms with Crippen LogP contribution in [0.25, 0.3) is 0 Å². The first-order valence-corrected chi connectivity index (χ1v) is 6.34. The van der Waals surface area contributed by atoms with Gasteiger partial charge in [0.1, 0.15) is 0 Å². The number of aromatic nitrogens is 4. The smallest absolute Gasteiger partial charge is 0.0866 e. The Bertz CT molecular complexity index is 582. The Kier molecular flexibility index (Phi) is 3.34. The number of halogens is 1. The molecule has 6 heteroatoms. The lowest BCUT2D eigenvalue weighted by Gasteiger charge is -2.07. The monoisotopic (exact) mass is 267 g/mol. The quantitative estimate of drug-likeness (QED) is 0.928. The van der Waals surface area contributed by atoms with Crippen LogP contribution in [0.2, 0.25) is 5.02 Å². The second-order valence-corrected chi connectivity index (χ2v) is 4.78. The first kappa shape index (κ1) is 13.0. The van der Waals surface area contributed by atoms with Gasteiger partial charge in [0.15, 0.2) is 0 Å². The topological polar surface area (TPSA) is 61.7 Å². The average Bonchev–Trinajstić information content (AvgIpc) is 2.75. The molecule has 18 heavy (non-hydrogen) atoms. The molecule has 0 amide bonds. The van der Waals surface area contributed by atoms with E-state index in [9.17, 15) is 0 Å². The first-order chi connectivity index (χ1) is 8.45. The van der Waals surface area contributed by atoms with Crippen molar-refractivity contribution in [3.05, 3.63) is 27.8 Å². The molecule has 0 aliphatic rings. The van der Waals surface area contributed by atoms with Crippen LogP contribution in [0.1, 0.15) is 29.7 Å². The van der Waals surface area contributed by atoms with Gasteiger partial charge in [0.25, 0.3) is 0 Å². The first-order valence-electron chi connectivity index (χ1n) is 5.97. The number of anilines is 1. The summed E-state index contributed by atoms with van der Waals surface area (Å²) in [4.78, 5) is 0. The zero-order valence-electron chi connectivity index (χ0n) is 11.2. The van der Waals surface area contributed by atoms with E-state index in [0.717, 1.165) is 35.0 Å². The van der Waals surface area contributed by atoms with Crippen molar-refractivity contribution < 1.29 is 0 Å². The molecule has 0 radical (unpaired) electrons. The van der Waals surface area contributed by atoms with Crippen LogP contribution in [0, 0.1) is 20.8 Å². The fourth-order valence-electron chi connectivity index (χ4n) is 2.03. The maximum atomic E-state index is 6.29. The maximum Gasteiger partial charge on any atom is 0.0866 e. The van der Waals surface area contributed by atoms with E-state index in [1.54, 1.807) is 0 Å². The third-order valence-corrected chi connectivity index (χ3v) is 3.68. The van der Waals surface area contributed by atoms with Gasteiger partial charge >= 0.3 is 0 Å². The largest absolute Gasteiger partial charge is 0.396 e. The molecule has 2 aromatic rings. The van der Waals surface area contributed by atoms with Crippen molar-refractivity contribution in [1.82, 2.24) is 19.6 Å². The summed E-state index contributed by atoms with van der Waals surface area (Å²) in [6, 6.07) is 0. The Balaban J connectivity index is 2.42. The molecule has 0 atom stereocenters. The van der Waals surface area contributed by atoms with E-state index >= 15 is 0 Å². The summed E-state index contributed by atoms with van der Waals surface area (Å²) in [5.74, 6) is 0. The van der Waals surface area contributed by atoms with Gasteiger partial charge in [0, 0.05) is 6.54 Å². The van der Waals surface area contributed by atoms with Crippen molar-refractivity contribution in [2.45, 2.75) is 40.8 Å². The number of aryl methyl sites for hydroxylation is 3. The van der Waals surface area contributed by atoms with Crippen LogP contribution < -0.4 is 5.73 Å². The van der Waals surface area contributed by atoms with Crippen LogP contribution in [-0.2, 0) is 13.1 Å². The Morgan fingerprint density at radius 3 is 2.22 bits per heavy atom. The minimum Gasteiger partial charge on any atom is -0.396 e. The molecule has 0 aromatic carbocycles. The summed E-state index contributed by atoms with van der Waals surface area (Å²) in [5, 5.41) is 9.53. The standard InChI is InChI=1S/C12H18ClN5/c1-5-17-10(11(13)7(2)15-17)6-18-9(4)12(14)8(3)16-18/h5-6,14H2,1-4H3. The predicted octanol–water partition coefficient (Wildman–Crippen LogP) is 2.31. The number of rotatable bonds is 3. The molecule has 0 spiro atoms. The highest BCUT2D eigenvalue weighted by Gasteiger charge is 2.15. The van der Waals surface area contributed by atoms with Gasteiger partial charge in [0.05, 0.1) is 40.0 Å². The summed E-state index contributed by atoms with van der Waals surface area (Å²) in [6.07, 6.45) is 0. The van der Waals surface area contributed by atoms with Crippen LogP contribution in [0.3, 0.4) is 0 Å². The summed E-state index contributed by atoms with van der Waals surface area (Å²) >= 11 is 6.29. The highest BCUT2D eigenvalue weighted by atomic mass is 35.5. The highest BCUT2D eigenvalue weighted by molar-refractivity contribution is 6.31. The van der Waals surface area contributed by atoms with Gasteiger partial charge < -0.3 is 5.73 Å². The molecule has 0 aliphatic carbocycles. The van der Waals surface area contributed by atoms with Crippen LogP contribution in [0.4, 0.5) is 5.69 Å². The minimum absolute atomic E-state index is 0.595. The summed E-state index contributed by atoms with van der Waals surface area (Å²) in [5.41, 5.74) is 10.3. The molecular weight excluding hydrogens is 250 g/mol. The average molecular weight is 268 g/mol. The lowest BCUT2D eigenvalue weighted by atomic mass is 10.3. The van der Waals surface area contributed by atoms with Gasteiger partial charge in [-0.15, -0.1) is 0 Å². The lowest BCUT2D eigenvalue weighted by Crippen LogP contribution is -2.10. The van der Waals surface area contributed by atoms with E-state index in [2.05, 4.69) is 10.2 Å². The van der Waals surface area contributed by atoms with E-state index in [-0.39, 0.29) is 0 Å². The van der Waals surface area contributed by atoms with Gasteiger partial charge in [-0.1, -0.05) is 11.6 Å². The van der Waals surface area contributed by atoms with Crippen LogP contribution in [0.15, 0.2) is 0 Å². The van der Waals surface area contributed by atoms with E-state index in [4.69, 9.17) is 17.3 Å². The lowest BCUT2D eigenvalue weighted by molar-refractivity contribution is 0.567. The van der Waals surface area contributed by atoms with Gasteiger partial charge in [-0.2, -0.15) is 10.2 Å². The molecule has 0 saturated carbocycles. The number of nitrogens with two attached hydrogens (primary N) is 1. The van der Waals surface area contributed by atoms with E-state index < -0.39 is 0 Å². The second-order valence-electron chi connectivity index (χ2n) is 4.40. The van der Waals surface area contributed by atoms with Crippen molar-refractivity contribution in [2.24, 2.45) is 0 Å². The Morgan fingerprint density at radius 1 is 1.11 bits per heavy atom. The fraction of sp³-hybridized carbons (Fsp3) is 0.500. The highest BCUT2D eigenvalue weighted by Crippen LogP contribution is 2.23. The number of nitrogens with zero attached hydrogens (tertiary/aromatic N) is 4. The third-order valence-electron chi connectivity index (χ3n) is 3.19. The molecular formula is C12H18ClN5. The van der Waals surface area contributed by atoms with Gasteiger partial charge in [-0.05, 0) is 27.7 Å². The van der Waals surface area contributed by atoms with Crippen molar-refractivity contribution in [1.29, 1.82) is 0 Å². The SMILES string of the molecule is CCn1nc(C)c(Cl)c1Cn1nc(C)c(N)c1C. The zero-order valence-corrected chi connectivity index (χ0v) is 11.9. The van der Waals surface area contributed by atoms with Crippen molar-refractivity contribution >= 4 is 17.3 Å². The maximum absolute atomic E-state index is 6.29. The van der Waals surface area contributed by atoms with Gasteiger partial charge in [-0.3, -0.25) is 9.36 Å². The molecule has 0 bridgehead atoms.